The summed E-state index contributed by atoms with van der Waals surface area (Å²) in [6.45, 7) is 1.05. The molecule has 0 saturated heterocycles. The zero-order valence-electron chi connectivity index (χ0n) is 6.97. The van der Waals surface area contributed by atoms with Crippen molar-refractivity contribution in [3.05, 3.63) is 12.7 Å². The molecule has 5 heteroatoms. The monoisotopic (exact) mass is 192 g/mol. The third kappa shape index (κ3) is 1.03. The van der Waals surface area contributed by atoms with E-state index in [-0.39, 0.29) is 0 Å². The summed E-state index contributed by atoms with van der Waals surface area (Å²) in [7, 11) is 0. The molecule has 0 aromatic carbocycles. The standard InChI is InChI=1S/C8H8N4S/c1-2-12-5-11-7-6(9-4-10-7)8(12)13-3-1/h4-5H,1-3H2. The van der Waals surface area contributed by atoms with Crippen LogP contribution in [-0.2, 0) is 6.54 Å². The Bertz CT molecular complexity index is 411. The zero-order chi connectivity index (χ0) is 8.67. The van der Waals surface area contributed by atoms with Crippen LogP contribution < -0.4 is 0 Å². The lowest BCUT2D eigenvalue weighted by Crippen LogP contribution is -2.11. The largest absolute Gasteiger partial charge is 0.325 e. The summed E-state index contributed by atoms with van der Waals surface area (Å²) in [6, 6.07) is 0. The van der Waals surface area contributed by atoms with E-state index >= 15 is 0 Å². The first kappa shape index (κ1) is 7.32. The number of hydrogen-bond donors (Lipinski definition) is 0. The Morgan fingerprint density at radius 1 is 1.31 bits per heavy atom. The highest BCUT2D eigenvalue weighted by Gasteiger charge is 2.18. The Morgan fingerprint density at radius 3 is 3.31 bits per heavy atom. The predicted octanol–water partition coefficient (Wildman–Crippen LogP) is 1.27. The van der Waals surface area contributed by atoms with Crippen molar-refractivity contribution in [2.24, 2.45) is 0 Å². The van der Waals surface area contributed by atoms with Gasteiger partial charge < -0.3 is 4.57 Å². The average Bonchev–Trinajstić information content (AvgIpc) is 2.65. The highest BCUT2D eigenvalue weighted by molar-refractivity contribution is 7.99. The van der Waals surface area contributed by atoms with Crippen LogP contribution in [0, 0.1) is 0 Å². The Labute approximate surface area is 79.8 Å². The molecule has 0 radical (unpaired) electrons. The van der Waals surface area contributed by atoms with Gasteiger partial charge in [-0.3, -0.25) is 0 Å². The van der Waals surface area contributed by atoms with E-state index in [1.807, 2.05) is 18.1 Å². The van der Waals surface area contributed by atoms with Gasteiger partial charge in [0.05, 0.1) is 6.33 Å². The van der Waals surface area contributed by atoms with E-state index in [2.05, 4.69) is 19.5 Å². The number of imidazole rings is 1. The highest BCUT2D eigenvalue weighted by atomic mass is 32.2. The maximum Gasteiger partial charge on any atom is 0.183 e. The predicted molar refractivity (Wildman–Crippen MR) is 49.8 cm³/mol. The first-order valence-corrected chi connectivity index (χ1v) is 5.22. The van der Waals surface area contributed by atoms with Gasteiger partial charge in [-0.2, -0.15) is 0 Å². The lowest BCUT2D eigenvalue weighted by molar-refractivity contribution is 0.596. The van der Waals surface area contributed by atoms with Gasteiger partial charge in [-0.25, -0.2) is 15.0 Å². The molecule has 66 valence electrons. The van der Waals surface area contributed by atoms with E-state index in [0.717, 1.165) is 18.1 Å². The van der Waals surface area contributed by atoms with Crippen molar-refractivity contribution in [1.82, 2.24) is 19.5 Å². The molecule has 0 unspecified atom stereocenters. The molecule has 0 spiro atoms. The summed E-state index contributed by atoms with van der Waals surface area (Å²) in [5.74, 6) is 1.94. The fourth-order valence-corrected chi connectivity index (χ4v) is 2.58. The van der Waals surface area contributed by atoms with Crippen LogP contribution in [0.1, 0.15) is 6.42 Å². The van der Waals surface area contributed by atoms with Crippen LogP contribution in [-0.4, -0.2) is 25.3 Å². The molecule has 0 atom stereocenters. The third-order valence-electron chi connectivity index (χ3n) is 2.14. The molecule has 3 aliphatic rings. The van der Waals surface area contributed by atoms with Crippen LogP contribution in [0.25, 0.3) is 11.5 Å². The molecule has 0 N–H and O–H groups in total. The van der Waals surface area contributed by atoms with Gasteiger partial charge in [0.1, 0.15) is 17.0 Å². The van der Waals surface area contributed by atoms with Crippen molar-refractivity contribution in [3.8, 4) is 11.5 Å². The maximum atomic E-state index is 4.23. The van der Waals surface area contributed by atoms with Gasteiger partial charge in [0.25, 0.3) is 0 Å². The van der Waals surface area contributed by atoms with E-state index in [4.69, 9.17) is 0 Å². The molecule has 0 aliphatic carbocycles. The van der Waals surface area contributed by atoms with Crippen LogP contribution in [0.2, 0.25) is 0 Å². The molecular formula is C8H8N4S. The number of aromatic nitrogens is 4. The number of thioether (sulfide) groups is 1. The normalized spacial score (nSPS) is 16.0. The number of nitrogens with zero attached hydrogens (tertiary/aromatic N) is 4. The molecule has 0 aromatic rings. The second-order valence-corrected chi connectivity index (χ2v) is 4.07. The van der Waals surface area contributed by atoms with Gasteiger partial charge in [-0.15, -0.1) is 11.8 Å². The van der Waals surface area contributed by atoms with Crippen molar-refractivity contribution >= 4 is 11.8 Å². The summed E-state index contributed by atoms with van der Waals surface area (Å²) in [5, 5.41) is 1.22. The second kappa shape index (κ2) is 2.70. The minimum absolute atomic E-state index is 0.764. The van der Waals surface area contributed by atoms with Crippen molar-refractivity contribution in [1.29, 1.82) is 0 Å². The zero-order valence-corrected chi connectivity index (χ0v) is 7.79. The lowest BCUT2D eigenvalue weighted by atomic mass is 10.4. The van der Waals surface area contributed by atoms with Crippen LogP contribution in [0.5, 0.6) is 0 Å². The van der Waals surface area contributed by atoms with Gasteiger partial charge >= 0.3 is 0 Å². The van der Waals surface area contributed by atoms with Gasteiger partial charge in [0.15, 0.2) is 5.82 Å². The minimum atomic E-state index is 0.764. The first-order chi connectivity index (χ1) is 6.45. The molecular weight excluding hydrogens is 184 g/mol. The number of rotatable bonds is 0. The summed E-state index contributed by atoms with van der Waals surface area (Å²) >= 11 is 1.84. The molecule has 0 aromatic heterocycles. The van der Waals surface area contributed by atoms with Crippen LogP contribution in [0.3, 0.4) is 0 Å². The summed E-state index contributed by atoms with van der Waals surface area (Å²) in [6.07, 6.45) is 4.65. The molecule has 0 saturated carbocycles. The fraction of sp³-hybridized carbons (Fsp3) is 0.375. The molecule has 0 amide bonds. The number of fused-ring (bicyclic) bond motifs is 3. The van der Waals surface area contributed by atoms with E-state index in [1.165, 1.54) is 17.2 Å². The van der Waals surface area contributed by atoms with Crippen molar-refractivity contribution in [3.63, 3.8) is 0 Å². The fourth-order valence-electron chi connectivity index (χ4n) is 1.53. The van der Waals surface area contributed by atoms with Gasteiger partial charge in [0, 0.05) is 12.3 Å². The van der Waals surface area contributed by atoms with Crippen molar-refractivity contribution in [2.45, 2.75) is 18.0 Å². The van der Waals surface area contributed by atoms with Crippen molar-refractivity contribution < 1.29 is 0 Å². The SMILES string of the molecule is c1nc2ncn3c(c-2n1)SCCC3. The van der Waals surface area contributed by atoms with E-state index in [0.29, 0.717) is 0 Å². The Kier molecular flexibility index (Phi) is 1.52. The molecule has 13 heavy (non-hydrogen) atoms. The van der Waals surface area contributed by atoms with E-state index < -0.39 is 0 Å². The maximum absolute atomic E-state index is 4.23. The van der Waals surface area contributed by atoms with Crippen LogP contribution in [0.4, 0.5) is 0 Å². The quantitative estimate of drug-likeness (QED) is 0.590. The summed E-state index contributed by atoms with van der Waals surface area (Å²) < 4.78 is 2.16. The highest BCUT2D eigenvalue weighted by Crippen LogP contribution is 2.32. The van der Waals surface area contributed by atoms with Crippen LogP contribution in [0.15, 0.2) is 17.7 Å². The Morgan fingerprint density at radius 2 is 2.31 bits per heavy atom. The smallest absolute Gasteiger partial charge is 0.183 e. The molecule has 3 rings (SSSR count). The number of hydrogen-bond acceptors (Lipinski definition) is 4. The van der Waals surface area contributed by atoms with Gasteiger partial charge in [-0.05, 0) is 6.42 Å². The molecule has 3 heterocycles. The first-order valence-electron chi connectivity index (χ1n) is 4.24. The Hall–Kier alpha value is -1.10. The summed E-state index contributed by atoms with van der Waals surface area (Å²) in [4.78, 5) is 12.5. The van der Waals surface area contributed by atoms with Crippen LogP contribution >= 0.6 is 11.8 Å². The van der Waals surface area contributed by atoms with Gasteiger partial charge in [0.2, 0.25) is 0 Å². The summed E-state index contributed by atoms with van der Waals surface area (Å²) in [5.41, 5.74) is 0.951. The number of aryl methyl sites for hydroxylation is 1. The molecule has 0 bridgehead atoms. The molecule has 3 aliphatic heterocycles. The minimum Gasteiger partial charge on any atom is -0.325 e. The Balaban J connectivity index is 2.28. The average molecular weight is 192 g/mol. The second-order valence-electron chi connectivity index (χ2n) is 2.99. The molecule has 0 fully saturated rings. The lowest BCUT2D eigenvalue weighted by Gasteiger charge is -2.18. The topological polar surface area (TPSA) is 43.6 Å². The van der Waals surface area contributed by atoms with Gasteiger partial charge in [-0.1, -0.05) is 0 Å². The van der Waals surface area contributed by atoms with E-state index in [9.17, 15) is 0 Å². The third-order valence-corrected chi connectivity index (χ3v) is 3.34. The van der Waals surface area contributed by atoms with Crippen molar-refractivity contribution in [2.75, 3.05) is 5.75 Å². The van der Waals surface area contributed by atoms with E-state index in [1.54, 1.807) is 6.33 Å². The molecule has 4 nitrogen and oxygen atoms in total.